The first-order valence-electron chi connectivity index (χ1n) is 14.2. The van der Waals surface area contributed by atoms with Gasteiger partial charge in [-0.2, -0.15) is 0 Å². The molecule has 0 saturated heterocycles. The number of hydrogen-bond acceptors (Lipinski definition) is 6. The van der Waals surface area contributed by atoms with E-state index < -0.39 is 16.7 Å². The van der Waals surface area contributed by atoms with Crippen LogP contribution in [0.2, 0.25) is 0 Å². The molecular formula is C36H28N4O5S. The average Bonchev–Trinajstić information content (AvgIpc) is 3.08. The van der Waals surface area contributed by atoms with Gasteiger partial charge in [0, 0.05) is 34.0 Å². The number of nitro benzene ring substituents is 1. The maximum absolute atomic E-state index is 13.5. The summed E-state index contributed by atoms with van der Waals surface area (Å²) in [6.45, 7) is 0. The van der Waals surface area contributed by atoms with Gasteiger partial charge in [0.25, 0.3) is 17.5 Å². The molecule has 0 unspecified atom stereocenters. The fourth-order valence-electron chi connectivity index (χ4n) is 4.39. The minimum Gasteiger partial charge on any atom is -0.325 e. The first kappa shape index (κ1) is 31.4. The Morgan fingerprint density at radius 2 is 1.35 bits per heavy atom. The van der Waals surface area contributed by atoms with E-state index in [0.717, 1.165) is 21.6 Å². The maximum Gasteiger partial charge on any atom is 0.272 e. The van der Waals surface area contributed by atoms with Crippen LogP contribution in [0.15, 0.2) is 144 Å². The number of rotatable bonds is 11. The molecule has 0 atom stereocenters. The monoisotopic (exact) mass is 628 g/mol. The first-order chi connectivity index (χ1) is 22.3. The van der Waals surface area contributed by atoms with Crippen molar-refractivity contribution in [2.24, 2.45) is 0 Å². The summed E-state index contributed by atoms with van der Waals surface area (Å²) >= 11 is 1.26. The second kappa shape index (κ2) is 15.1. The van der Waals surface area contributed by atoms with Crippen molar-refractivity contribution in [1.29, 1.82) is 0 Å². The van der Waals surface area contributed by atoms with Crippen molar-refractivity contribution in [2.45, 2.75) is 4.90 Å². The molecule has 0 fully saturated rings. The summed E-state index contributed by atoms with van der Waals surface area (Å²) in [6.07, 6.45) is 1.62. The highest BCUT2D eigenvalue weighted by atomic mass is 32.2. The molecule has 5 aromatic carbocycles. The van der Waals surface area contributed by atoms with Crippen molar-refractivity contribution >= 4 is 52.6 Å². The van der Waals surface area contributed by atoms with Gasteiger partial charge in [-0.15, -0.1) is 11.8 Å². The normalized spacial score (nSPS) is 10.9. The van der Waals surface area contributed by atoms with Crippen LogP contribution in [0.4, 0.5) is 17.1 Å². The third kappa shape index (κ3) is 8.77. The van der Waals surface area contributed by atoms with E-state index in [-0.39, 0.29) is 23.0 Å². The summed E-state index contributed by atoms with van der Waals surface area (Å²) < 4.78 is 0. The Morgan fingerprint density at radius 3 is 2.02 bits per heavy atom. The number of hydrogen-bond donors (Lipinski definition) is 3. The highest BCUT2D eigenvalue weighted by Gasteiger charge is 2.16. The van der Waals surface area contributed by atoms with Crippen LogP contribution in [-0.4, -0.2) is 28.4 Å². The number of thioether (sulfide) groups is 1. The van der Waals surface area contributed by atoms with Crippen LogP contribution in [0.5, 0.6) is 0 Å². The molecule has 9 nitrogen and oxygen atoms in total. The Hall–Kier alpha value is -6.00. The predicted molar refractivity (Wildman–Crippen MR) is 181 cm³/mol. The van der Waals surface area contributed by atoms with Crippen LogP contribution in [0.3, 0.4) is 0 Å². The number of nitrogens with one attached hydrogen (secondary N) is 3. The summed E-state index contributed by atoms with van der Waals surface area (Å²) in [4.78, 5) is 50.1. The van der Waals surface area contributed by atoms with Crippen molar-refractivity contribution in [3.05, 3.63) is 160 Å². The molecule has 5 aromatic rings. The Balaban J connectivity index is 1.27. The lowest BCUT2D eigenvalue weighted by Gasteiger charge is -2.12. The quantitative estimate of drug-likeness (QED) is 0.0605. The molecule has 0 saturated carbocycles. The topological polar surface area (TPSA) is 130 Å². The Morgan fingerprint density at radius 1 is 0.696 bits per heavy atom. The summed E-state index contributed by atoms with van der Waals surface area (Å²) in [5.74, 6) is -1.16. The zero-order valence-electron chi connectivity index (χ0n) is 24.4. The molecule has 3 N–H and O–H groups in total. The number of non-ortho nitro benzene ring substituents is 1. The molecule has 5 rings (SSSR count). The predicted octanol–water partition coefficient (Wildman–Crippen LogP) is 7.40. The van der Waals surface area contributed by atoms with Gasteiger partial charge in [0.15, 0.2) is 0 Å². The number of carbonyl (C=O) groups is 3. The zero-order valence-corrected chi connectivity index (χ0v) is 25.2. The van der Waals surface area contributed by atoms with Gasteiger partial charge in [-0.25, -0.2) is 0 Å². The molecule has 3 amide bonds. The van der Waals surface area contributed by atoms with Crippen molar-refractivity contribution in [3.63, 3.8) is 0 Å². The van der Waals surface area contributed by atoms with Crippen LogP contribution < -0.4 is 16.0 Å². The van der Waals surface area contributed by atoms with Gasteiger partial charge < -0.3 is 16.0 Å². The van der Waals surface area contributed by atoms with Crippen molar-refractivity contribution in [3.8, 4) is 11.1 Å². The van der Waals surface area contributed by atoms with E-state index in [1.807, 2.05) is 60.7 Å². The molecule has 0 spiro atoms. The fraction of sp³-hybridized carbons (Fsp3) is 0.0278. The summed E-state index contributed by atoms with van der Waals surface area (Å²) in [7, 11) is 0. The number of carbonyl (C=O) groups excluding carboxylic acids is 3. The molecule has 0 aliphatic heterocycles. The van der Waals surface area contributed by atoms with Crippen LogP contribution in [0, 0.1) is 10.1 Å². The first-order valence-corrected chi connectivity index (χ1v) is 15.1. The number of nitro groups is 1. The van der Waals surface area contributed by atoms with Gasteiger partial charge in [0.1, 0.15) is 5.70 Å². The van der Waals surface area contributed by atoms with Gasteiger partial charge in [-0.1, -0.05) is 78.9 Å². The van der Waals surface area contributed by atoms with Crippen LogP contribution >= 0.6 is 11.8 Å². The second-order valence-corrected chi connectivity index (χ2v) is 11.0. The smallest absolute Gasteiger partial charge is 0.272 e. The largest absolute Gasteiger partial charge is 0.325 e. The molecule has 0 aliphatic rings. The highest BCUT2D eigenvalue weighted by molar-refractivity contribution is 8.00. The standard InChI is InChI=1S/C36H28N4O5S/c41-34(37-29-18-20-31(21-19-29)40(44)45)24-46-32-13-7-12-30(23-32)38-36(43)33(39-35(42)28-10-5-2-6-11-28)22-25-14-16-27(17-15-25)26-8-3-1-4-9-26/h1-23H,24H2,(H,37,41)(H,38,43)(H,39,42)/b33-22+. The number of benzene rings is 5. The Bertz CT molecular complexity index is 1880. The minimum atomic E-state index is -0.519. The summed E-state index contributed by atoms with van der Waals surface area (Å²) in [5, 5.41) is 19.1. The van der Waals surface area contributed by atoms with E-state index in [0.29, 0.717) is 16.9 Å². The van der Waals surface area contributed by atoms with Crippen molar-refractivity contribution in [2.75, 3.05) is 16.4 Å². The third-order valence-corrected chi connectivity index (χ3v) is 7.68. The summed E-state index contributed by atoms with van der Waals surface area (Å²) in [5.41, 5.74) is 4.14. The molecule has 10 heteroatoms. The average molecular weight is 629 g/mol. The molecule has 0 heterocycles. The van der Waals surface area contributed by atoms with Crippen molar-refractivity contribution < 1.29 is 19.3 Å². The molecule has 46 heavy (non-hydrogen) atoms. The third-order valence-electron chi connectivity index (χ3n) is 6.68. The maximum atomic E-state index is 13.5. The van der Waals surface area contributed by atoms with E-state index in [9.17, 15) is 24.5 Å². The second-order valence-electron chi connectivity index (χ2n) is 9.99. The molecule has 0 radical (unpaired) electrons. The van der Waals surface area contributed by atoms with Crippen LogP contribution in [0.1, 0.15) is 15.9 Å². The van der Waals surface area contributed by atoms with E-state index in [2.05, 4.69) is 16.0 Å². The van der Waals surface area contributed by atoms with E-state index in [4.69, 9.17) is 0 Å². The molecule has 0 aliphatic carbocycles. The molecule has 228 valence electrons. The van der Waals surface area contributed by atoms with Gasteiger partial charge in [0.2, 0.25) is 5.91 Å². The van der Waals surface area contributed by atoms with Crippen molar-refractivity contribution in [1.82, 2.24) is 5.32 Å². The number of amides is 3. The van der Waals surface area contributed by atoms with Crippen LogP contribution in [-0.2, 0) is 9.59 Å². The molecule has 0 aromatic heterocycles. The highest BCUT2D eigenvalue weighted by Crippen LogP contribution is 2.24. The lowest BCUT2D eigenvalue weighted by Crippen LogP contribution is -2.30. The number of nitrogens with zero attached hydrogens (tertiary/aromatic N) is 1. The number of anilines is 2. The van der Waals surface area contributed by atoms with E-state index in [1.54, 1.807) is 54.6 Å². The molecular weight excluding hydrogens is 600 g/mol. The fourth-order valence-corrected chi connectivity index (χ4v) is 5.14. The summed E-state index contributed by atoms with van der Waals surface area (Å²) in [6, 6.07) is 38.8. The van der Waals surface area contributed by atoms with E-state index >= 15 is 0 Å². The van der Waals surface area contributed by atoms with Gasteiger partial charge in [-0.3, -0.25) is 24.5 Å². The van der Waals surface area contributed by atoms with Crippen LogP contribution in [0.25, 0.3) is 17.2 Å². The lowest BCUT2D eigenvalue weighted by molar-refractivity contribution is -0.384. The minimum absolute atomic E-state index is 0.0573. The van der Waals surface area contributed by atoms with E-state index in [1.165, 1.54) is 36.0 Å². The lowest BCUT2D eigenvalue weighted by atomic mass is 10.0. The van der Waals surface area contributed by atoms with Gasteiger partial charge in [0.05, 0.1) is 10.7 Å². The SMILES string of the molecule is O=C(CSc1cccc(NC(=O)/C(=C\c2ccc(-c3ccccc3)cc2)NC(=O)c2ccccc2)c1)Nc1ccc([N+](=O)[O-])cc1. The Kier molecular flexibility index (Phi) is 10.3. The molecule has 0 bridgehead atoms. The zero-order chi connectivity index (χ0) is 32.3. The Labute approximate surface area is 269 Å². The van der Waals surface area contributed by atoms with Gasteiger partial charge >= 0.3 is 0 Å². The van der Waals surface area contributed by atoms with Gasteiger partial charge in [-0.05, 0) is 65.2 Å².